The van der Waals surface area contributed by atoms with Crippen molar-refractivity contribution in [1.29, 1.82) is 0 Å². The molecule has 0 aromatic heterocycles. The molecule has 0 atom stereocenters. The number of hydrogen-bond donors (Lipinski definition) is 2. The minimum Gasteiger partial charge on any atom is -0.481 e. The molecule has 0 radical (unpaired) electrons. The van der Waals surface area contributed by atoms with Crippen molar-refractivity contribution in [1.82, 2.24) is 5.32 Å². The van der Waals surface area contributed by atoms with E-state index in [9.17, 15) is 9.59 Å². The van der Waals surface area contributed by atoms with Crippen molar-refractivity contribution in [2.75, 3.05) is 12.3 Å². The van der Waals surface area contributed by atoms with E-state index >= 15 is 0 Å². The molecule has 2 N–H and O–H groups in total. The number of benzene rings is 1. The molecule has 0 aliphatic rings. The molecular formula is C15H21NO3S. The molecule has 0 saturated heterocycles. The molecule has 0 aliphatic heterocycles. The zero-order valence-electron chi connectivity index (χ0n) is 12.1. The highest BCUT2D eigenvalue weighted by molar-refractivity contribution is 7.99. The maximum Gasteiger partial charge on any atom is 0.310 e. The highest BCUT2D eigenvalue weighted by Gasteiger charge is 2.27. The predicted molar refractivity (Wildman–Crippen MR) is 80.9 cm³/mol. The summed E-state index contributed by atoms with van der Waals surface area (Å²) in [6.45, 7) is 5.37. The monoisotopic (exact) mass is 295 g/mol. The Balaban J connectivity index is 2.27. The Morgan fingerprint density at radius 2 is 1.85 bits per heavy atom. The molecule has 4 nitrogen and oxygen atoms in total. The largest absolute Gasteiger partial charge is 0.481 e. The summed E-state index contributed by atoms with van der Waals surface area (Å²) >= 11 is 1.62. The summed E-state index contributed by atoms with van der Waals surface area (Å²) in [7, 11) is 0. The number of aryl methyl sites for hydroxylation is 1. The molecule has 0 aliphatic carbocycles. The van der Waals surface area contributed by atoms with Crippen molar-refractivity contribution in [3.05, 3.63) is 29.8 Å². The normalized spacial score (nSPS) is 11.2. The van der Waals surface area contributed by atoms with E-state index in [1.165, 1.54) is 5.56 Å². The lowest BCUT2D eigenvalue weighted by Crippen LogP contribution is -2.38. The van der Waals surface area contributed by atoms with Crippen LogP contribution in [0.5, 0.6) is 0 Å². The van der Waals surface area contributed by atoms with E-state index in [4.69, 9.17) is 5.11 Å². The van der Waals surface area contributed by atoms with Gasteiger partial charge in [-0.1, -0.05) is 17.7 Å². The molecule has 5 heteroatoms. The quantitative estimate of drug-likeness (QED) is 0.759. The van der Waals surface area contributed by atoms with Crippen molar-refractivity contribution in [3.8, 4) is 0 Å². The third-order valence-corrected chi connectivity index (χ3v) is 3.94. The summed E-state index contributed by atoms with van der Waals surface area (Å²) in [6, 6.07) is 8.15. The van der Waals surface area contributed by atoms with Crippen molar-refractivity contribution < 1.29 is 14.7 Å². The molecule has 0 heterocycles. The Hall–Kier alpha value is -1.49. The number of thioether (sulfide) groups is 1. The van der Waals surface area contributed by atoms with E-state index in [1.54, 1.807) is 25.6 Å². The first kappa shape index (κ1) is 16.6. The van der Waals surface area contributed by atoms with Gasteiger partial charge in [0, 0.05) is 23.6 Å². The number of carboxylic acid groups (broad SMARTS) is 1. The second kappa shape index (κ2) is 7.33. The molecule has 1 aromatic rings. The van der Waals surface area contributed by atoms with Gasteiger partial charge in [0.1, 0.15) is 0 Å². The molecule has 1 amide bonds. The van der Waals surface area contributed by atoms with Crippen LogP contribution in [0, 0.1) is 12.3 Å². The second-order valence-corrected chi connectivity index (χ2v) is 6.55. The van der Waals surface area contributed by atoms with Gasteiger partial charge < -0.3 is 10.4 Å². The molecule has 0 spiro atoms. The van der Waals surface area contributed by atoms with E-state index in [-0.39, 0.29) is 12.5 Å². The van der Waals surface area contributed by atoms with Gasteiger partial charge in [-0.3, -0.25) is 9.59 Å². The topological polar surface area (TPSA) is 66.4 Å². The van der Waals surface area contributed by atoms with Gasteiger partial charge >= 0.3 is 5.97 Å². The fourth-order valence-corrected chi connectivity index (χ4v) is 2.23. The average Bonchev–Trinajstić information content (AvgIpc) is 2.39. The van der Waals surface area contributed by atoms with Crippen LogP contribution < -0.4 is 5.32 Å². The minimum atomic E-state index is -0.931. The van der Waals surface area contributed by atoms with Gasteiger partial charge in [0.25, 0.3) is 0 Å². The van der Waals surface area contributed by atoms with Gasteiger partial charge in [0.05, 0.1) is 5.41 Å². The Bertz CT molecular complexity index is 469. The van der Waals surface area contributed by atoms with Gasteiger partial charge in [-0.2, -0.15) is 0 Å². The van der Waals surface area contributed by atoms with Crippen LogP contribution in [0.4, 0.5) is 0 Å². The van der Waals surface area contributed by atoms with E-state index in [0.717, 1.165) is 4.90 Å². The molecular weight excluding hydrogens is 274 g/mol. The zero-order valence-corrected chi connectivity index (χ0v) is 12.9. The summed E-state index contributed by atoms with van der Waals surface area (Å²) in [4.78, 5) is 23.7. The number of carbonyl (C=O) groups excluding carboxylic acids is 1. The first-order chi connectivity index (χ1) is 9.31. The van der Waals surface area contributed by atoms with Crippen LogP contribution in [0.3, 0.4) is 0 Å². The number of rotatable bonds is 7. The fourth-order valence-electron chi connectivity index (χ4n) is 1.38. The van der Waals surface area contributed by atoms with Crippen LogP contribution in [-0.2, 0) is 9.59 Å². The lowest BCUT2D eigenvalue weighted by molar-refractivity contribution is -0.146. The standard InChI is InChI=1S/C15H21NO3S/c1-11-4-6-12(7-5-11)20-9-8-13(17)16-10-15(2,3)14(18)19/h4-7H,8-10H2,1-3H3,(H,16,17)(H,18,19). The maximum absolute atomic E-state index is 11.6. The van der Waals surface area contributed by atoms with E-state index in [0.29, 0.717) is 12.2 Å². The zero-order chi connectivity index (χ0) is 15.2. The summed E-state index contributed by atoms with van der Waals surface area (Å²) < 4.78 is 0. The average molecular weight is 295 g/mol. The molecule has 1 aromatic carbocycles. The Kier molecular flexibility index (Phi) is 6.07. The third-order valence-electron chi connectivity index (χ3n) is 2.93. The fraction of sp³-hybridized carbons (Fsp3) is 0.467. The Labute approximate surface area is 124 Å². The smallest absolute Gasteiger partial charge is 0.310 e. The van der Waals surface area contributed by atoms with Crippen molar-refractivity contribution in [2.45, 2.75) is 32.1 Å². The molecule has 1 rings (SSSR count). The Morgan fingerprint density at radius 3 is 2.40 bits per heavy atom. The van der Waals surface area contributed by atoms with Crippen LogP contribution in [0.1, 0.15) is 25.8 Å². The number of carbonyl (C=O) groups is 2. The van der Waals surface area contributed by atoms with Crippen LogP contribution in [0.25, 0.3) is 0 Å². The number of aliphatic carboxylic acids is 1. The number of amides is 1. The van der Waals surface area contributed by atoms with E-state index < -0.39 is 11.4 Å². The molecule has 0 bridgehead atoms. The first-order valence-corrected chi connectivity index (χ1v) is 7.49. The lowest BCUT2D eigenvalue weighted by atomic mass is 9.94. The van der Waals surface area contributed by atoms with Crippen molar-refractivity contribution in [2.24, 2.45) is 5.41 Å². The van der Waals surface area contributed by atoms with Gasteiger partial charge in [0.15, 0.2) is 0 Å². The van der Waals surface area contributed by atoms with E-state index in [2.05, 4.69) is 5.32 Å². The second-order valence-electron chi connectivity index (χ2n) is 5.38. The van der Waals surface area contributed by atoms with Crippen LogP contribution in [-0.4, -0.2) is 29.3 Å². The van der Waals surface area contributed by atoms with Crippen LogP contribution in [0.2, 0.25) is 0 Å². The highest BCUT2D eigenvalue weighted by Crippen LogP contribution is 2.19. The van der Waals surface area contributed by atoms with Crippen LogP contribution in [0.15, 0.2) is 29.2 Å². The predicted octanol–water partition coefficient (Wildman–Crippen LogP) is 2.70. The molecule has 0 fully saturated rings. The van der Waals surface area contributed by atoms with Gasteiger partial charge in [-0.15, -0.1) is 11.8 Å². The van der Waals surface area contributed by atoms with Crippen LogP contribution >= 0.6 is 11.8 Å². The summed E-state index contributed by atoms with van der Waals surface area (Å²) in [5.74, 6) is -0.340. The Morgan fingerprint density at radius 1 is 1.25 bits per heavy atom. The maximum atomic E-state index is 11.6. The molecule has 110 valence electrons. The summed E-state index contributed by atoms with van der Waals surface area (Å²) in [5, 5.41) is 11.6. The van der Waals surface area contributed by atoms with Crippen molar-refractivity contribution >= 4 is 23.6 Å². The van der Waals surface area contributed by atoms with Gasteiger partial charge in [-0.25, -0.2) is 0 Å². The molecule has 20 heavy (non-hydrogen) atoms. The number of carboxylic acids is 1. The van der Waals surface area contributed by atoms with Gasteiger partial charge in [0.2, 0.25) is 5.91 Å². The SMILES string of the molecule is Cc1ccc(SCCC(=O)NCC(C)(C)C(=O)O)cc1. The lowest BCUT2D eigenvalue weighted by Gasteiger charge is -2.19. The number of hydrogen-bond acceptors (Lipinski definition) is 3. The van der Waals surface area contributed by atoms with E-state index in [1.807, 2.05) is 31.2 Å². The highest BCUT2D eigenvalue weighted by atomic mass is 32.2. The molecule has 0 saturated carbocycles. The summed E-state index contributed by atoms with van der Waals surface area (Å²) in [5.41, 5.74) is 0.280. The minimum absolute atomic E-state index is 0.112. The third kappa shape index (κ3) is 5.65. The summed E-state index contributed by atoms with van der Waals surface area (Å²) in [6.07, 6.45) is 0.383. The number of nitrogens with one attached hydrogen (secondary N) is 1. The molecule has 0 unspecified atom stereocenters. The van der Waals surface area contributed by atoms with Crippen molar-refractivity contribution in [3.63, 3.8) is 0 Å². The first-order valence-electron chi connectivity index (χ1n) is 6.51. The van der Waals surface area contributed by atoms with Gasteiger partial charge in [-0.05, 0) is 32.9 Å².